The van der Waals surface area contributed by atoms with E-state index in [0.29, 0.717) is 11.4 Å². The van der Waals surface area contributed by atoms with Gasteiger partial charge in [0.1, 0.15) is 5.75 Å². The first kappa shape index (κ1) is 14.1. The summed E-state index contributed by atoms with van der Waals surface area (Å²) in [5.41, 5.74) is 1.74. The summed E-state index contributed by atoms with van der Waals surface area (Å²) in [6.07, 6.45) is 3.56. The van der Waals surface area contributed by atoms with Gasteiger partial charge in [-0.15, -0.1) is 0 Å². The van der Waals surface area contributed by atoms with Gasteiger partial charge in [-0.1, -0.05) is 20.8 Å². The molecular formula is C15H18N2O3. The number of rotatable bonds is 3. The molecule has 0 spiro atoms. The maximum Gasteiger partial charge on any atom is 0.335 e. The Kier molecular flexibility index (Phi) is 3.53. The van der Waals surface area contributed by atoms with Crippen molar-refractivity contribution in [1.82, 2.24) is 9.55 Å². The van der Waals surface area contributed by atoms with Crippen molar-refractivity contribution in [2.45, 2.75) is 26.2 Å². The minimum Gasteiger partial charge on any atom is -0.495 e. The van der Waals surface area contributed by atoms with Gasteiger partial charge in [-0.2, -0.15) is 0 Å². The van der Waals surface area contributed by atoms with E-state index in [1.165, 1.54) is 6.07 Å². The van der Waals surface area contributed by atoms with Crippen molar-refractivity contribution >= 4 is 5.97 Å². The van der Waals surface area contributed by atoms with Gasteiger partial charge in [-0.3, -0.25) is 0 Å². The van der Waals surface area contributed by atoms with E-state index in [2.05, 4.69) is 25.8 Å². The van der Waals surface area contributed by atoms with Gasteiger partial charge in [0.2, 0.25) is 0 Å². The minimum atomic E-state index is -0.968. The molecule has 0 amide bonds. The molecule has 0 saturated heterocycles. The highest BCUT2D eigenvalue weighted by Gasteiger charge is 2.18. The fourth-order valence-electron chi connectivity index (χ4n) is 1.87. The van der Waals surface area contributed by atoms with Crippen molar-refractivity contribution in [3.8, 4) is 11.4 Å². The highest BCUT2D eigenvalue weighted by molar-refractivity contribution is 5.88. The molecule has 1 N–H and O–H groups in total. The summed E-state index contributed by atoms with van der Waals surface area (Å²) in [5, 5.41) is 9.09. The van der Waals surface area contributed by atoms with E-state index < -0.39 is 5.97 Å². The van der Waals surface area contributed by atoms with Gasteiger partial charge in [0.15, 0.2) is 0 Å². The molecule has 20 heavy (non-hydrogen) atoms. The number of aromatic carboxylic acids is 1. The summed E-state index contributed by atoms with van der Waals surface area (Å²) >= 11 is 0. The predicted molar refractivity (Wildman–Crippen MR) is 75.8 cm³/mol. The molecular weight excluding hydrogens is 256 g/mol. The minimum absolute atomic E-state index is 0.0666. The number of aromatic nitrogens is 2. The van der Waals surface area contributed by atoms with E-state index >= 15 is 0 Å². The Morgan fingerprint density at radius 3 is 2.55 bits per heavy atom. The maximum absolute atomic E-state index is 11.1. The Labute approximate surface area is 117 Å². The highest BCUT2D eigenvalue weighted by Crippen LogP contribution is 2.27. The van der Waals surface area contributed by atoms with Crippen molar-refractivity contribution in [2.24, 2.45) is 0 Å². The Balaban J connectivity index is 2.53. The molecule has 1 aromatic carbocycles. The van der Waals surface area contributed by atoms with Crippen LogP contribution in [0.1, 0.15) is 36.8 Å². The summed E-state index contributed by atoms with van der Waals surface area (Å²) in [4.78, 5) is 15.5. The van der Waals surface area contributed by atoms with Crippen molar-refractivity contribution in [1.29, 1.82) is 0 Å². The number of carboxylic acids is 1. The third-order valence-corrected chi connectivity index (χ3v) is 3.05. The second-order valence-electron chi connectivity index (χ2n) is 5.61. The molecule has 1 aromatic heterocycles. The summed E-state index contributed by atoms with van der Waals surface area (Å²) in [5.74, 6) is -0.363. The SMILES string of the molecule is COc1ccc(C(=O)O)cc1-n1cnc(C(C)(C)C)c1. The number of methoxy groups -OCH3 is 1. The van der Waals surface area contributed by atoms with E-state index in [9.17, 15) is 4.79 Å². The summed E-state index contributed by atoms with van der Waals surface area (Å²) < 4.78 is 7.07. The average molecular weight is 274 g/mol. The number of imidazole rings is 1. The molecule has 0 saturated carbocycles. The lowest BCUT2D eigenvalue weighted by atomic mass is 9.93. The molecule has 0 bridgehead atoms. The van der Waals surface area contributed by atoms with E-state index in [4.69, 9.17) is 9.84 Å². The number of nitrogens with zero attached hydrogens (tertiary/aromatic N) is 2. The second-order valence-corrected chi connectivity index (χ2v) is 5.61. The number of ether oxygens (including phenoxy) is 1. The van der Waals surface area contributed by atoms with Gasteiger partial charge in [0.25, 0.3) is 0 Å². The van der Waals surface area contributed by atoms with Crippen LogP contribution >= 0.6 is 0 Å². The molecule has 0 aliphatic rings. The Hall–Kier alpha value is -2.30. The summed E-state index contributed by atoms with van der Waals surface area (Å²) in [6.45, 7) is 6.22. The van der Waals surface area contributed by atoms with Crippen LogP contribution < -0.4 is 4.74 Å². The molecule has 5 nitrogen and oxygen atoms in total. The molecule has 0 aliphatic carbocycles. The van der Waals surface area contributed by atoms with Crippen LogP contribution in [-0.4, -0.2) is 27.7 Å². The third kappa shape index (κ3) is 2.66. The second kappa shape index (κ2) is 5.00. The zero-order valence-corrected chi connectivity index (χ0v) is 12.0. The summed E-state index contributed by atoms with van der Waals surface area (Å²) in [7, 11) is 1.56. The summed E-state index contributed by atoms with van der Waals surface area (Å²) in [6, 6.07) is 4.75. The molecule has 2 rings (SSSR count). The van der Waals surface area contributed by atoms with Crippen LogP contribution in [0, 0.1) is 0 Å². The number of carbonyl (C=O) groups is 1. The lowest BCUT2D eigenvalue weighted by Gasteiger charge is -2.14. The molecule has 1 heterocycles. The standard InChI is InChI=1S/C15H18N2O3/c1-15(2,3)13-8-17(9-16-13)11-7-10(14(18)19)5-6-12(11)20-4/h5-9H,1-4H3,(H,18,19). The lowest BCUT2D eigenvalue weighted by Crippen LogP contribution is -2.11. The van der Waals surface area contributed by atoms with E-state index in [1.54, 1.807) is 30.1 Å². The smallest absolute Gasteiger partial charge is 0.335 e. The van der Waals surface area contributed by atoms with Gasteiger partial charge < -0.3 is 14.4 Å². The number of carboxylic acid groups (broad SMARTS) is 1. The van der Waals surface area contributed by atoms with Crippen LogP contribution in [0.25, 0.3) is 5.69 Å². The van der Waals surface area contributed by atoms with Crippen LogP contribution in [0.4, 0.5) is 0 Å². The lowest BCUT2D eigenvalue weighted by molar-refractivity contribution is 0.0697. The van der Waals surface area contributed by atoms with Crippen molar-refractivity contribution < 1.29 is 14.6 Å². The van der Waals surface area contributed by atoms with Gasteiger partial charge >= 0.3 is 5.97 Å². The van der Waals surface area contributed by atoms with E-state index in [1.807, 2.05) is 6.20 Å². The van der Waals surface area contributed by atoms with Crippen LogP contribution in [0.5, 0.6) is 5.75 Å². The normalized spacial score (nSPS) is 11.4. The molecule has 2 aromatic rings. The van der Waals surface area contributed by atoms with Gasteiger partial charge in [-0.25, -0.2) is 9.78 Å². The zero-order chi connectivity index (χ0) is 14.9. The maximum atomic E-state index is 11.1. The van der Waals surface area contributed by atoms with Crippen LogP contribution in [-0.2, 0) is 5.41 Å². The van der Waals surface area contributed by atoms with Crippen LogP contribution in [0.2, 0.25) is 0 Å². The average Bonchev–Trinajstić information content (AvgIpc) is 2.87. The molecule has 0 atom stereocenters. The van der Waals surface area contributed by atoms with Crippen molar-refractivity contribution in [2.75, 3.05) is 7.11 Å². The predicted octanol–water partition coefficient (Wildman–Crippen LogP) is 2.88. The fraction of sp³-hybridized carbons (Fsp3) is 0.333. The largest absolute Gasteiger partial charge is 0.495 e. The first-order chi connectivity index (χ1) is 9.32. The first-order valence-corrected chi connectivity index (χ1v) is 6.29. The van der Waals surface area contributed by atoms with Crippen LogP contribution in [0.3, 0.4) is 0 Å². The third-order valence-electron chi connectivity index (χ3n) is 3.05. The Morgan fingerprint density at radius 1 is 1.35 bits per heavy atom. The van der Waals surface area contributed by atoms with Crippen molar-refractivity contribution in [3.63, 3.8) is 0 Å². The Morgan fingerprint density at radius 2 is 2.05 bits per heavy atom. The number of hydrogen-bond acceptors (Lipinski definition) is 3. The molecule has 106 valence electrons. The monoisotopic (exact) mass is 274 g/mol. The van der Waals surface area contributed by atoms with Gasteiger partial charge in [-0.05, 0) is 18.2 Å². The van der Waals surface area contributed by atoms with Gasteiger partial charge in [0, 0.05) is 11.6 Å². The molecule has 5 heteroatoms. The van der Waals surface area contributed by atoms with Gasteiger partial charge in [0.05, 0.1) is 30.4 Å². The quantitative estimate of drug-likeness (QED) is 0.934. The number of benzene rings is 1. The Bertz CT molecular complexity index is 639. The fourth-order valence-corrected chi connectivity index (χ4v) is 1.87. The first-order valence-electron chi connectivity index (χ1n) is 6.29. The number of hydrogen-bond donors (Lipinski definition) is 1. The highest BCUT2D eigenvalue weighted by atomic mass is 16.5. The molecule has 0 unspecified atom stereocenters. The molecule has 0 radical (unpaired) electrons. The van der Waals surface area contributed by atoms with E-state index in [-0.39, 0.29) is 11.0 Å². The zero-order valence-electron chi connectivity index (χ0n) is 12.0. The van der Waals surface area contributed by atoms with E-state index in [0.717, 1.165) is 5.69 Å². The van der Waals surface area contributed by atoms with Crippen molar-refractivity contribution in [3.05, 3.63) is 42.0 Å². The molecule has 0 aliphatic heterocycles. The topological polar surface area (TPSA) is 64.3 Å². The van der Waals surface area contributed by atoms with Crippen LogP contribution in [0.15, 0.2) is 30.7 Å². The molecule has 0 fully saturated rings.